The van der Waals surface area contributed by atoms with Gasteiger partial charge >= 0.3 is 0 Å². The monoisotopic (exact) mass is 239 g/mol. The van der Waals surface area contributed by atoms with Crippen LogP contribution in [-0.4, -0.2) is 29.8 Å². The highest BCUT2D eigenvalue weighted by molar-refractivity contribution is 4.94. The third-order valence-electron chi connectivity index (χ3n) is 3.17. The van der Waals surface area contributed by atoms with Crippen LogP contribution in [0.5, 0.6) is 0 Å². The SMILES string of the molecule is CCCC(Cc1nc(C2CCCO2)no1)NC. The normalized spacial score (nSPS) is 21.9. The lowest BCUT2D eigenvalue weighted by Crippen LogP contribution is -2.27. The lowest BCUT2D eigenvalue weighted by Gasteiger charge is -2.11. The fraction of sp³-hybridized carbons (Fsp3) is 0.833. The lowest BCUT2D eigenvalue weighted by atomic mass is 10.1. The highest BCUT2D eigenvalue weighted by Crippen LogP contribution is 2.26. The van der Waals surface area contributed by atoms with Crippen molar-refractivity contribution >= 4 is 0 Å². The van der Waals surface area contributed by atoms with Crippen LogP contribution < -0.4 is 5.32 Å². The van der Waals surface area contributed by atoms with E-state index in [0.29, 0.717) is 17.8 Å². The van der Waals surface area contributed by atoms with Gasteiger partial charge in [-0.3, -0.25) is 0 Å². The molecule has 1 aliphatic rings. The topological polar surface area (TPSA) is 60.2 Å². The van der Waals surface area contributed by atoms with Gasteiger partial charge in [-0.2, -0.15) is 4.98 Å². The fourth-order valence-electron chi connectivity index (χ4n) is 2.17. The number of rotatable bonds is 6. The summed E-state index contributed by atoms with van der Waals surface area (Å²) in [6.45, 7) is 2.99. The minimum absolute atomic E-state index is 0.0479. The second kappa shape index (κ2) is 6.12. The predicted octanol–water partition coefficient (Wildman–Crippen LogP) is 1.85. The summed E-state index contributed by atoms with van der Waals surface area (Å²) < 4.78 is 10.8. The van der Waals surface area contributed by atoms with E-state index in [0.717, 1.165) is 38.7 Å². The van der Waals surface area contributed by atoms with Crippen molar-refractivity contribution in [3.05, 3.63) is 11.7 Å². The number of nitrogens with zero attached hydrogens (tertiary/aromatic N) is 2. The summed E-state index contributed by atoms with van der Waals surface area (Å²) in [5.74, 6) is 1.42. The van der Waals surface area contributed by atoms with Gasteiger partial charge in [0.1, 0.15) is 6.10 Å². The molecule has 2 rings (SSSR count). The summed E-state index contributed by atoms with van der Waals surface area (Å²) in [5.41, 5.74) is 0. The Kier molecular flexibility index (Phi) is 4.50. The van der Waals surface area contributed by atoms with Gasteiger partial charge in [-0.25, -0.2) is 0 Å². The van der Waals surface area contributed by atoms with E-state index in [4.69, 9.17) is 9.26 Å². The standard InChI is InChI=1S/C12H21N3O2/c1-3-5-9(13-2)8-11-14-12(15-17-11)10-6-4-7-16-10/h9-10,13H,3-8H2,1-2H3. The Morgan fingerprint density at radius 3 is 3.06 bits per heavy atom. The van der Waals surface area contributed by atoms with Gasteiger partial charge < -0.3 is 14.6 Å². The molecule has 0 aromatic carbocycles. The molecule has 0 aliphatic carbocycles. The molecule has 1 saturated heterocycles. The Balaban J connectivity index is 1.92. The summed E-state index contributed by atoms with van der Waals surface area (Å²) in [5, 5.41) is 7.28. The van der Waals surface area contributed by atoms with Crippen molar-refractivity contribution in [3.8, 4) is 0 Å². The van der Waals surface area contributed by atoms with Crippen LogP contribution in [0.15, 0.2) is 4.52 Å². The van der Waals surface area contributed by atoms with Gasteiger partial charge in [-0.05, 0) is 26.3 Å². The van der Waals surface area contributed by atoms with Crippen molar-refractivity contribution in [3.63, 3.8) is 0 Å². The summed E-state index contributed by atoms with van der Waals surface area (Å²) in [6.07, 6.45) is 5.20. The lowest BCUT2D eigenvalue weighted by molar-refractivity contribution is 0.103. The maximum Gasteiger partial charge on any atom is 0.228 e. The minimum atomic E-state index is 0.0479. The number of ether oxygens (including phenoxy) is 1. The molecule has 17 heavy (non-hydrogen) atoms. The molecule has 1 aliphatic heterocycles. The van der Waals surface area contributed by atoms with Gasteiger partial charge in [-0.1, -0.05) is 18.5 Å². The zero-order valence-corrected chi connectivity index (χ0v) is 10.6. The highest BCUT2D eigenvalue weighted by Gasteiger charge is 2.23. The summed E-state index contributed by atoms with van der Waals surface area (Å²) in [6, 6.07) is 0.415. The molecule has 0 amide bonds. The first kappa shape index (κ1) is 12.5. The third kappa shape index (κ3) is 3.26. The Labute approximate surface area is 102 Å². The van der Waals surface area contributed by atoms with Gasteiger partial charge in [0.2, 0.25) is 11.7 Å². The molecule has 2 heterocycles. The molecule has 2 atom stereocenters. The number of hydrogen-bond donors (Lipinski definition) is 1. The van der Waals surface area contributed by atoms with E-state index in [-0.39, 0.29) is 6.10 Å². The van der Waals surface area contributed by atoms with Gasteiger partial charge in [0, 0.05) is 19.1 Å². The predicted molar refractivity (Wildman–Crippen MR) is 63.7 cm³/mol. The van der Waals surface area contributed by atoms with Gasteiger partial charge in [0.25, 0.3) is 0 Å². The molecule has 5 nitrogen and oxygen atoms in total. The van der Waals surface area contributed by atoms with Crippen LogP contribution in [-0.2, 0) is 11.2 Å². The fourth-order valence-corrected chi connectivity index (χ4v) is 2.17. The molecule has 1 fully saturated rings. The van der Waals surface area contributed by atoms with Gasteiger partial charge in [-0.15, -0.1) is 0 Å². The van der Waals surface area contributed by atoms with Crippen LogP contribution >= 0.6 is 0 Å². The Bertz CT molecular complexity index is 334. The molecular formula is C12H21N3O2. The quantitative estimate of drug-likeness (QED) is 0.821. The van der Waals surface area contributed by atoms with Crippen LogP contribution in [0.1, 0.15) is 50.4 Å². The Morgan fingerprint density at radius 2 is 2.41 bits per heavy atom. The van der Waals surface area contributed by atoms with Crippen molar-refractivity contribution in [2.24, 2.45) is 0 Å². The molecule has 0 radical (unpaired) electrons. The molecule has 0 spiro atoms. The molecule has 0 saturated carbocycles. The van der Waals surface area contributed by atoms with Crippen molar-refractivity contribution < 1.29 is 9.26 Å². The minimum Gasteiger partial charge on any atom is -0.370 e. The zero-order valence-electron chi connectivity index (χ0n) is 10.6. The van der Waals surface area contributed by atoms with Crippen molar-refractivity contribution in [2.45, 2.75) is 51.2 Å². The first-order valence-electron chi connectivity index (χ1n) is 6.44. The van der Waals surface area contributed by atoms with E-state index >= 15 is 0 Å². The maximum absolute atomic E-state index is 5.53. The van der Waals surface area contributed by atoms with E-state index in [1.807, 2.05) is 7.05 Å². The van der Waals surface area contributed by atoms with E-state index in [9.17, 15) is 0 Å². The van der Waals surface area contributed by atoms with Crippen molar-refractivity contribution in [1.82, 2.24) is 15.5 Å². The van der Waals surface area contributed by atoms with E-state index in [1.165, 1.54) is 0 Å². The second-order valence-corrected chi connectivity index (χ2v) is 4.53. The number of likely N-dealkylation sites (N-methyl/N-ethyl adjacent to an activating group) is 1. The van der Waals surface area contributed by atoms with E-state index < -0.39 is 0 Å². The molecule has 5 heteroatoms. The van der Waals surface area contributed by atoms with Crippen molar-refractivity contribution in [1.29, 1.82) is 0 Å². The summed E-state index contributed by atoms with van der Waals surface area (Å²) >= 11 is 0. The average Bonchev–Trinajstić information content (AvgIpc) is 2.98. The van der Waals surface area contributed by atoms with Crippen LogP contribution in [0.4, 0.5) is 0 Å². The number of nitrogens with one attached hydrogen (secondary N) is 1. The molecular weight excluding hydrogens is 218 g/mol. The maximum atomic E-state index is 5.53. The van der Waals surface area contributed by atoms with Crippen LogP contribution in [0.25, 0.3) is 0 Å². The smallest absolute Gasteiger partial charge is 0.228 e. The third-order valence-corrected chi connectivity index (χ3v) is 3.17. The zero-order chi connectivity index (χ0) is 12.1. The molecule has 1 aromatic rings. The Morgan fingerprint density at radius 1 is 1.53 bits per heavy atom. The molecule has 1 aromatic heterocycles. The van der Waals surface area contributed by atoms with Crippen LogP contribution in [0.2, 0.25) is 0 Å². The summed E-state index contributed by atoms with van der Waals surface area (Å²) in [4.78, 5) is 4.42. The first-order valence-corrected chi connectivity index (χ1v) is 6.44. The van der Waals surface area contributed by atoms with Crippen LogP contribution in [0, 0.1) is 0 Å². The molecule has 96 valence electrons. The Hall–Kier alpha value is -0.940. The van der Waals surface area contributed by atoms with Crippen LogP contribution in [0.3, 0.4) is 0 Å². The summed E-state index contributed by atoms with van der Waals surface area (Å²) in [7, 11) is 1.97. The average molecular weight is 239 g/mol. The van der Waals surface area contributed by atoms with E-state index in [1.54, 1.807) is 0 Å². The van der Waals surface area contributed by atoms with Gasteiger partial charge in [0.05, 0.1) is 0 Å². The van der Waals surface area contributed by atoms with E-state index in [2.05, 4.69) is 22.4 Å². The second-order valence-electron chi connectivity index (χ2n) is 4.53. The largest absolute Gasteiger partial charge is 0.370 e. The number of hydrogen-bond acceptors (Lipinski definition) is 5. The highest BCUT2D eigenvalue weighted by atomic mass is 16.5. The number of aromatic nitrogens is 2. The molecule has 1 N–H and O–H groups in total. The molecule has 0 bridgehead atoms. The first-order chi connectivity index (χ1) is 8.33. The van der Waals surface area contributed by atoms with Gasteiger partial charge in [0.15, 0.2) is 0 Å². The van der Waals surface area contributed by atoms with Crippen molar-refractivity contribution in [2.75, 3.05) is 13.7 Å². The molecule has 2 unspecified atom stereocenters.